The molecule has 2 aromatic rings. The summed E-state index contributed by atoms with van der Waals surface area (Å²) in [6, 6.07) is 11.0. The lowest BCUT2D eigenvalue weighted by Crippen LogP contribution is -2.48. The predicted octanol–water partition coefficient (Wildman–Crippen LogP) is 2.44. The molecule has 1 atom stereocenters. The molecule has 26 heavy (non-hydrogen) atoms. The highest BCUT2D eigenvalue weighted by atomic mass is 19.1. The predicted molar refractivity (Wildman–Crippen MR) is 94.2 cm³/mol. The highest BCUT2D eigenvalue weighted by molar-refractivity contribution is 5.85. The molecule has 0 aliphatic heterocycles. The van der Waals surface area contributed by atoms with Crippen molar-refractivity contribution in [3.05, 3.63) is 59.4 Å². The van der Waals surface area contributed by atoms with Crippen LogP contribution < -0.4 is 20.3 Å². The van der Waals surface area contributed by atoms with E-state index in [1.807, 2.05) is 26.0 Å². The van der Waals surface area contributed by atoms with Crippen LogP contribution in [0, 0.1) is 19.7 Å². The number of hydrazine groups is 1. The minimum atomic E-state index is -0.806. The third-order valence-electron chi connectivity index (χ3n) is 3.72. The zero-order valence-electron chi connectivity index (χ0n) is 14.8. The highest BCUT2D eigenvalue weighted by Gasteiger charge is 2.16. The molecule has 0 fully saturated rings. The number of hydrogen-bond acceptors (Lipinski definition) is 4. The van der Waals surface area contributed by atoms with Crippen LogP contribution in [0.1, 0.15) is 18.1 Å². The van der Waals surface area contributed by atoms with Crippen molar-refractivity contribution in [2.45, 2.75) is 26.9 Å². The number of nitrogens with one attached hydrogen (secondary N) is 2. The second-order valence-corrected chi connectivity index (χ2v) is 5.74. The summed E-state index contributed by atoms with van der Waals surface area (Å²) in [6.07, 6.45) is -0.806. The molecule has 0 aromatic heterocycles. The molecule has 0 aliphatic carbocycles. The number of amides is 2. The van der Waals surface area contributed by atoms with E-state index in [0.717, 1.165) is 17.2 Å². The Kier molecular flexibility index (Phi) is 6.54. The fourth-order valence-electron chi connectivity index (χ4n) is 2.07. The fourth-order valence-corrected chi connectivity index (χ4v) is 2.07. The van der Waals surface area contributed by atoms with Gasteiger partial charge < -0.3 is 9.47 Å². The summed E-state index contributed by atoms with van der Waals surface area (Å²) in [6.45, 7) is 5.06. The molecule has 1 unspecified atom stereocenters. The first-order valence-corrected chi connectivity index (χ1v) is 8.06. The Balaban J connectivity index is 1.78. The van der Waals surface area contributed by atoms with E-state index in [9.17, 15) is 14.0 Å². The molecule has 2 N–H and O–H groups in total. The van der Waals surface area contributed by atoms with Gasteiger partial charge in [0.1, 0.15) is 17.3 Å². The van der Waals surface area contributed by atoms with Crippen LogP contribution in [0.2, 0.25) is 0 Å². The fraction of sp³-hybridized carbons (Fsp3) is 0.263. The van der Waals surface area contributed by atoms with Crippen molar-refractivity contribution in [1.29, 1.82) is 0 Å². The molecule has 0 heterocycles. The van der Waals surface area contributed by atoms with Gasteiger partial charge in [-0.2, -0.15) is 0 Å². The summed E-state index contributed by atoms with van der Waals surface area (Å²) in [5.41, 5.74) is 6.49. The molecule has 0 spiro atoms. The molecule has 0 saturated carbocycles. The Morgan fingerprint density at radius 2 is 1.85 bits per heavy atom. The molecule has 6 nitrogen and oxygen atoms in total. The molecular formula is C19H21FN2O4. The van der Waals surface area contributed by atoms with Crippen LogP contribution in [-0.4, -0.2) is 24.5 Å². The summed E-state index contributed by atoms with van der Waals surface area (Å²) in [5.74, 6) is -0.730. The van der Waals surface area contributed by atoms with Crippen LogP contribution in [0.4, 0.5) is 4.39 Å². The molecular weight excluding hydrogens is 339 g/mol. The second-order valence-electron chi connectivity index (χ2n) is 5.74. The van der Waals surface area contributed by atoms with Crippen molar-refractivity contribution in [1.82, 2.24) is 10.9 Å². The molecule has 0 saturated heterocycles. The quantitative estimate of drug-likeness (QED) is 0.776. The minimum absolute atomic E-state index is 0.220. The maximum atomic E-state index is 13.0. The first-order chi connectivity index (χ1) is 12.4. The lowest BCUT2D eigenvalue weighted by Gasteiger charge is -2.17. The maximum absolute atomic E-state index is 13.0. The zero-order chi connectivity index (χ0) is 19.1. The molecule has 0 aliphatic rings. The van der Waals surface area contributed by atoms with Crippen LogP contribution in [0.15, 0.2) is 42.5 Å². The maximum Gasteiger partial charge on any atom is 0.279 e. The van der Waals surface area contributed by atoms with Gasteiger partial charge in [0.25, 0.3) is 11.8 Å². The normalized spacial score (nSPS) is 11.4. The van der Waals surface area contributed by atoms with Gasteiger partial charge in [0.05, 0.1) is 0 Å². The van der Waals surface area contributed by atoms with Gasteiger partial charge in [0.15, 0.2) is 12.7 Å². The van der Waals surface area contributed by atoms with Gasteiger partial charge in [-0.25, -0.2) is 4.39 Å². The summed E-state index contributed by atoms with van der Waals surface area (Å²) < 4.78 is 23.8. The van der Waals surface area contributed by atoms with E-state index in [1.165, 1.54) is 18.2 Å². The standard InChI is InChI=1S/C19H21FN2O4/c1-12-6-4-9-17(13(12)2)26-14(3)19(24)22-21-18(23)11-25-16-8-5-7-15(20)10-16/h4-10,14H,11H2,1-3H3,(H,21,23)(H,22,24). The van der Waals surface area contributed by atoms with Crippen LogP contribution >= 0.6 is 0 Å². The van der Waals surface area contributed by atoms with E-state index < -0.39 is 23.7 Å². The number of hydrogen-bond donors (Lipinski definition) is 2. The molecule has 2 rings (SSSR count). The SMILES string of the molecule is Cc1cccc(OC(C)C(=O)NNC(=O)COc2cccc(F)c2)c1C. The van der Waals surface area contributed by atoms with Gasteiger partial charge in [0.2, 0.25) is 0 Å². The van der Waals surface area contributed by atoms with Gasteiger partial charge >= 0.3 is 0 Å². The molecule has 0 radical (unpaired) electrons. The van der Waals surface area contributed by atoms with E-state index >= 15 is 0 Å². The number of aryl methyl sites for hydroxylation is 1. The van der Waals surface area contributed by atoms with E-state index in [0.29, 0.717) is 5.75 Å². The topological polar surface area (TPSA) is 76.7 Å². The third kappa shape index (κ3) is 5.47. The Morgan fingerprint density at radius 3 is 2.58 bits per heavy atom. The van der Waals surface area contributed by atoms with Gasteiger partial charge in [-0.05, 0) is 50.1 Å². The largest absolute Gasteiger partial charge is 0.484 e. The van der Waals surface area contributed by atoms with E-state index in [-0.39, 0.29) is 12.4 Å². The molecule has 2 amide bonds. The first kappa shape index (κ1) is 19.2. The smallest absolute Gasteiger partial charge is 0.279 e. The lowest BCUT2D eigenvalue weighted by molar-refractivity contribution is -0.133. The second kappa shape index (κ2) is 8.84. The van der Waals surface area contributed by atoms with Crippen molar-refractivity contribution in [3.8, 4) is 11.5 Å². The number of ether oxygens (including phenoxy) is 2. The Morgan fingerprint density at radius 1 is 1.12 bits per heavy atom. The van der Waals surface area contributed by atoms with Gasteiger partial charge in [-0.1, -0.05) is 18.2 Å². The monoisotopic (exact) mass is 360 g/mol. The van der Waals surface area contributed by atoms with Crippen LogP contribution in [0.3, 0.4) is 0 Å². The Hall–Kier alpha value is -3.09. The Bertz CT molecular complexity index is 795. The molecule has 7 heteroatoms. The first-order valence-electron chi connectivity index (χ1n) is 8.06. The number of rotatable bonds is 6. The number of carbonyl (C=O) groups excluding carboxylic acids is 2. The average molecular weight is 360 g/mol. The lowest BCUT2D eigenvalue weighted by atomic mass is 10.1. The summed E-state index contributed by atoms with van der Waals surface area (Å²) in [7, 11) is 0. The van der Waals surface area contributed by atoms with Crippen LogP contribution in [-0.2, 0) is 9.59 Å². The van der Waals surface area contributed by atoms with Crippen LogP contribution in [0.25, 0.3) is 0 Å². The highest BCUT2D eigenvalue weighted by Crippen LogP contribution is 2.21. The number of carbonyl (C=O) groups is 2. The summed E-state index contributed by atoms with van der Waals surface area (Å²) in [4.78, 5) is 23.7. The van der Waals surface area contributed by atoms with Crippen LogP contribution in [0.5, 0.6) is 11.5 Å². The summed E-state index contributed by atoms with van der Waals surface area (Å²) in [5, 5.41) is 0. The molecule has 0 bridgehead atoms. The van der Waals surface area contributed by atoms with E-state index in [4.69, 9.17) is 9.47 Å². The van der Waals surface area contributed by atoms with E-state index in [2.05, 4.69) is 10.9 Å². The van der Waals surface area contributed by atoms with Crippen molar-refractivity contribution in [2.75, 3.05) is 6.61 Å². The minimum Gasteiger partial charge on any atom is -0.484 e. The third-order valence-corrected chi connectivity index (χ3v) is 3.72. The van der Waals surface area contributed by atoms with Crippen molar-refractivity contribution >= 4 is 11.8 Å². The van der Waals surface area contributed by atoms with Crippen molar-refractivity contribution in [3.63, 3.8) is 0 Å². The zero-order valence-corrected chi connectivity index (χ0v) is 14.8. The molecule has 138 valence electrons. The number of benzene rings is 2. The van der Waals surface area contributed by atoms with E-state index in [1.54, 1.807) is 13.0 Å². The van der Waals surface area contributed by atoms with Crippen molar-refractivity contribution < 1.29 is 23.5 Å². The Labute approximate surface area is 151 Å². The van der Waals surface area contributed by atoms with Gasteiger partial charge in [-0.15, -0.1) is 0 Å². The van der Waals surface area contributed by atoms with Gasteiger partial charge in [-0.3, -0.25) is 20.4 Å². The van der Waals surface area contributed by atoms with Gasteiger partial charge in [0, 0.05) is 6.07 Å². The van der Waals surface area contributed by atoms with Crippen molar-refractivity contribution in [2.24, 2.45) is 0 Å². The number of halogens is 1. The summed E-state index contributed by atoms with van der Waals surface area (Å²) >= 11 is 0. The molecule has 2 aromatic carbocycles. The average Bonchev–Trinajstić information content (AvgIpc) is 2.61.